The van der Waals surface area contributed by atoms with Crippen LogP contribution in [0, 0.1) is 13.8 Å². The Morgan fingerprint density at radius 1 is 1.39 bits per heavy atom. The SMILES string of the molecule is Cc1cc(C(C)(O)CNC(=O)[C@H](O)c2ccccc2Cl)c(C)o1. The maximum atomic E-state index is 12.1. The quantitative estimate of drug-likeness (QED) is 0.783. The molecule has 1 unspecified atom stereocenters. The van der Waals surface area contributed by atoms with Gasteiger partial charge < -0.3 is 19.9 Å². The number of nitrogens with one attached hydrogen (secondary N) is 1. The van der Waals surface area contributed by atoms with Crippen molar-refractivity contribution in [2.75, 3.05) is 6.54 Å². The third kappa shape index (κ3) is 3.93. The predicted octanol–water partition coefficient (Wildman–Crippen LogP) is 2.61. The highest BCUT2D eigenvalue weighted by Crippen LogP contribution is 2.27. The molecular weight excluding hydrogens is 318 g/mol. The van der Waals surface area contributed by atoms with Crippen LogP contribution in [-0.4, -0.2) is 22.7 Å². The minimum Gasteiger partial charge on any atom is -0.466 e. The van der Waals surface area contributed by atoms with E-state index in [1.807, 2.05) is 0 Å². The van der Waals surface area contributed by atoms with Gasteiger partial charge in [0.25, 0.3) is 5.91 Å². The molecule has 0 radical (unpaired) electrons. The van der Waals surface area contributed by atoms with Crippen LogP contribution in [0.4, 0.5) is 0 Å². The van der Waals surface area contributed by atoms with Gasteiger partial charge in [-0.1, -0.05) is 29.8 Å². The van der Waals surface area contributed by atoms with Crippen LogP contribution < -0.4 is 5.32 Å². The molecule has 1 heterocycles. The molecule has 3 N–H and O–H groups in total. The van der Waals surface area contributed by atoms with E-state index in [0.29, 0.717) is 27.7 Å². The fraction of sp³-hybridized carbons (Fsp3) is 0.353. The first kappa shape index (κ1) is 17.5. The summed E-state index contributed by atoms with van der Waals surface area (Å²) in [6.07, 6.45) is -1.40. The van der Waals surface area contributed by atoms with Gasteiger partial charge in [-0.2, -0.15) is 0 Å². The van der Waals surface area contributed by atoms with Crippen molar-refractivity contribution in [1.29, 1.82) is 0 Å². The van der Waals surface area contributed by atoms with E-state index in [4.69, 9.17) is 16.0 Å². The number of aliphatic hydroxyl groups is 2. The first-order valence-corrected chi connectivity index (χ1v) is 7.60. The Hall–Kier alpha value is -1.82. The van der Waals surface area contributed by atoms with Gasteiger partial charge >= 0.3 is 0 Å². The van der Waals surface area contributed by atoms with Crippen LogP contribution in [0.5, 0.6) is 0 Å². The van der Waals surface area contributed by atoms with Crippen molar-refractivity contribution in [1.82, 2.24) is 5.32 Å². The van der Waals surface area contributed by atoms with Crippen molar-refractivity contribution in [2.24, 2.45) is 0 Å². The molecule has 124 valence electrons. The summed E-state index contributed by atoms with van der Waals surface area (Å²) >= 11 is 5.97. The van der Waals surface area contributed by atoms with Crippen molar-refractivity contribution in [3.05, 3.63) is 58.0 Å². The van der Waals surface area contributed by atoms with E-state index >= 15 is 0 Å². The number of carbonyl (C=O) groups excluding carboxylic acids is 1. The van der Waals surface area contributed by atoms with Gasteiger partial charge in [-0.05, 0) is 32.9 Å². The van der Waals surface area contributed by atoms with Gasteiger partial charge in [0, 0.05) is 16.1 Å². The maximum absolute atomic E-state index is 12.1. The second-order valence-electron chi connectivity index (χ2n) is 5.74. The Morgan fingerprint density at radius 3 is 2.61 bits per heavy atom. The van der Waals surface area contributed by atoms with Crippen LogP contribution in [-0.2, 0) is 10.4 Å². The summed E-state index contributed by atoms with van der Waals surface area (Å²) in [6.45, 7) is 5.04. The minimum atomic E-state index is -1.40. The minimum absolute atomic E-state index is 0.0623. The molecule has 0 bridgehead atoms. The summed E-state index contributed by atoms with van der Waals surface area (Å²) < 4.78 is 5.40. The fourth-order valence-electron chi connectivity index (χ4n) is 2.45. The van der Waals surface area contributed by atoms with Gasteiger partial charge in [-0.15, -0.1) is 0 Å². The molecule has 0 saturated carbocycles. The molecule has 2 atom stereocenters. The number of furan rings is 1. The van der Waals surface area contributed by atoms with Crippen LogP contribution in [0.15, 0.2) is 34.7 Å². The number of hydrogen-bond donors (Lipinski definition) is 3. The molecule has 0 aliphatic heterocycles. The average molecular weight is 338 g/mol. The number of rotatable bonds is 5. The lowest BCUT2D eigenvalue weighted by molar-refractivity contribution is -0.130. The number of aliphatic hydroxyl groups excluding tert-OH is 1. The fourth-order valence-corrected chi connectivity index (χ4v) is 2.69. The van der Waals surface area contributed by atoms with E-state index in [9.17, 15) is 15.0 Å². The molecule has 0 aliphatic rings. The van der Waals surface area contributed by atoms with E-state index in [-0.39, 0.29) is 6.54 Å². The van der Waals surface area contributed by atoms with Crippen LogP contribution in [0.1, 0.15) is 35.7 Å². The monoisotopic (exact) mass is 337 g/mol. The molecule has 6 heteroatoms. The second kappa shape index (κ2) is 6.74. The molecule has 1 aromatic heterocycles. The largest absolute Gasteiger partial charge is 0.466 e. The van der Waals surface area contributed by atoms with E-state index in [2.05, 4.69) is 5.32 Å². The van der Waals surface area contributed by atoms with E-state index in [1.165, 1.54) is 0 Å². The van der Waals surface area contributed by atoms with Crippen LogP contribution >= 0.6 is 11.6 Å². The summed E-state index contributed by atoms with van der Waals surface area (Å²) in [4.78, 5) is 12.1. The number of carbonyl (C=O) groups is 1. The Kier molecular flexibility index (Phi) is 5.14. The van der Waals surface area contributed by atoms with Gasteiger partial charge in [-0.25, -0.2) is 0 Å². The third-order valence-corrected chi connectivity index (χ3v) is 4.02. The lowest BCUT2D eigenvalue weighted by Gasteiger charge is -2.24. The number of benzene rings is 1. The smallest absolute Gasteiger partial charge is 0.253 e. The standard InChI is InChI=1S/C17H20ClNO4/c1-10-8-13(11(2)23-10)17(3,22)9-19-16(21)15(20)12-6-4-5-7-14(12)18/h4-8,15,20,22H,9H2,1-3H3,(H,19,21)/t15-,17?/m1/s1. The van der Waals surface area contributed by atoms with Crippen molar-refractivity contribution >= 4 is 17.5 Å². The van der Waals surface area contributed by atoms with Crippen LogP contribution in [0.3, 0.4) is 0 Å². The molecule has 23 heavy (non-hydrogen) atoms. The Morgan fingerprint density at radius 2 is 2.04 bits per heavy atom. The highest BCUT2D eigenvalue weighted by molar-refractivity contribution is 6.31. The molecule has 5 nitrogen and oxygen atoms in total. The Bertz CT molecular complexity index is 708. The van der Waals surface area contributed by atoms with Crippen LogP contribution in [0.25, 0.3) is 0 Å². The molecule has 0 saturated heterocycles. The van der Waals surface area contributed by atoms with E-state index < -0.39 is 17.6 Å². The molecule has 1 aromatic carbocycles. The number of halogens is 1. The lowest BCUT2D eigenvalue weighted by Crippen LogP contribution is -2.40. The highest BCUT2D eigenvalue weighted by Gasteiger charge is 2.29. The molecular formula is C17H20ClNO4. The summed E-state index contributed by atoms with van der Waals surface area (Å²) in [5.74, 6) is 0.643. The summed E-state index contributed by atoms with van der Waals surface area (Å²) in [5.41, 5.74) is -0.387. The van der Waals surface area contributed by atoms with Crippen molar-refractivity contribution < 1.29 is 19.4 Å². The topological polar surface area (TPSA) is 82.7 Å². The predicted molar refractivity (Wildman–Crippen MR) is 87.2 cm³/mol. The highest BCUT2D eigenvalue weighted by atomic mass is 35.5. The molecule has 2 aromatic rings. The van der Waals surface area contributed by atoms with E-state index in [0.717, 1.165) is 0 Å². The Balaban J connectivity index is 2.06. The van der Waals surface area contributed by atoms with E-state index in [1.54, 1.807) is 51.1 Å². The average Bonchev–Trinajstić information content (AvgIpc) is 2.84. The normalized spacial score (nSPS) is 15.0. The van der Waals surface area contributed by atoms with Crippen molar-refractivity contribution in [2.45, 2.75) is 32.5 Å². The van der Waals surface area contributed by atoms with Gasteiger partial charge in [0.2, 0.25) is 0 Å². The third-order valence-electron chi connectivity index (χ3n) is 3.68. The molecule has 2 rings (SSSR count). The zero-order valence-corrected chi connectivity index (χ0v) is 14.0. The van der Waals surface area contributed by atoms with Crippen molar-refractivity contribution in [3.63, 3.8) is 0 Å². The first-order chi connectivity index (χ1) is 10.7. The second-order valence-corrected chi connectivity index (χ2v) is 6.15. The van der Waals surface area contributed by atoms with Gasteiger partial charge in [0.1, 0.15) is 17.1 Å². The summed E-state index contributed by atoms with van der Waals surface area (Å²) in [5, 5.41) is 23.5. The molecule has 1 amide bonds. The van der Waals surface area contributed by atoms with Gasteiger partial charge in [0.15, 0.2) is 6.10 Å². The summed E-state index contributed by atoms with van der Waals surface area (Å²) in [7, 11) is 0. The van der Waals surface area contributed by atoms with Gasteiger partial charge in [0.05, 0.1) is 6.54 Å². The zero-order chi connectivity index (χ0) is 17.2. The lowest BCUT2D eigenvalue weighted by atomic mass is 9.96. The van der Waals surface area contributed by atoms with Crippen LogP contribution in [0.2, 0.25) is 5.02 Å². The summed E-state index contributed by atoms with van der Waals surface area (Å²) in [6, 6.07) is 8.30. The molecule has 0 spiro atoms. The van der Waals surface area contributed by atoms with Crippen molar-refractivity contribution in [3.8, 4) is 0 Å². The number of amides is 1. The molecule has 0 aliphatic carbocycles. The number of aryl methyl sites for hydroxylation is 2. The maximum Gasteiger partial charge on any atom is 0.253 e. The van der Waals surface area contributed by atoms with Gasteiger partial charge in [-0.3, -0.25) is 4.79 Å². The number of hydrogen-bond acceptors (Lipinski definition) is 4. The first-order valence-electron chi connectivity index (χ1n) is 7.22. The Labute approximate surface area is 139 Å². The zero-order valence-electron chi connectivity index (χ0n) is 13.3. The molecule has 0 fully saturated rings.